The smallest absolute Gasteiger partial charge is 0.0167 e. The van der Waals surface area contributed by atoms with E-state index < -0.39 is 0 Å². The summed E-state index contributed by atoms with van der Waals surface area (Å²) >= 11 is 4.19. The van der Waals surface area contributed by atoms with Gasteiger partial charge in [0.25, 0.3) is 0 Å². The van der Waals surface area contributed by atoms with E-state index in [-0.39, 0.29) is 0 Å². The van der Waals surface area contributed by atoms with Crippen LogP contribution in [0.25, 0.3) is 0 Å². The van der Waals surface area contributed by atoms with E-state index in [1.54, 1.807) is 0 Å². The number of thiol groups is 1. The summed E-state index contributed by atoms with van der Waals surface area (Å²) in [6.45, 7) is 2.09. The minimum atomic E-state index is 0.621. The Morgan fingerprint density at radius 2 is 2.22 bits per heavy atom. The lowest BCUT2D eigenvalue weighted by atomic mass is 10.2. The first-order valence-electron chi connectivity index (χ1n) is 2.79. The van der Waals surface area contributed by atoms with Crippen LogP contribution in [0, 0.1) is 6.92 Å². The summed E-state index contributed by atoms with van der Waals surface area (Å²) < 4.78 is 0. The van der Waals surface area contributed by atoms with Crippen LogP contribution in [-0.4, -0.2) is 0 Å². The number of hydrogen-bond donors (Lipinski definition) is 1. The number of aryl methyl sites for hydroxylation is 1. The Labute approximate surface area is 62.6 Å². The Kier molecular flexibility index (Phi) is 2.56. The first kappa shape index (κ1) is 7.11. The van der Waals surface area contributed by atoms with E-state index in [1.807, 2.05) is 0 Å². The fraction of sp³-hybridized carbons (Fsp3) is 0.143. The van der Waals surface area contributed by atoms with E-state index in [1.165, 1.54) is 10.9 Å². The van der Waals surface area contributed by atoms with Crippen molar-refractivity contribution < 1.29 is 0 Å². The summed E-state index contributed by atoms with van der Waals surface area (Å²) in [7, 11) is 0.621. The van der Waals surface area contributed by atoms with Gasteiger partial charge >= 0.3 is 0 Å². The van der Waals surface area contributed by atoms with Gasteiger partial charge < -0.3 is 0 Å². The van der Waals surface area contributed by atoms with E-state index in [2.05, 4.69) is 43.4 Å². The van der Waals surface area contributed by atoms with Crippen LogP contribution < -0.4 is 5.30 Å². The molecular weight excluding hydrogens is 147 g/mol. The van der Waals surface area contributed by atoms with Gasteiger partial charge in [0.1, 0.15) is 0 Å². The second-order valence-corrected chi connectivity index (χ2v) is 3.45. The summed E-state index contributed by atoms with van der Waals surface area (Å²) in [6, 6.07) is 8.41. The quantitative estimate of drug-likeness (QED) is 0.467. The van der Waals surface area contributed by atoms with Gasteiger partial charge in [0.05, 0.1) is 0 Å². The second-order valence-electron chi connectivity index (χ2n) is 1.98. The van der Waals surface area contributed by atoms with E-state index in [0.29, 0.717) is 7.78 Å². The van der Waals surface area contributed by atoms with Gasteiger partial charge in [-0.1, -0.05) is 29.8 Å². The van der Waals surface area contributed by atoms with Crippen LogP contribution in [0.2, 0.25) is 0 Å². The monoisotopic (exact) mass is 156 g/mol. The van der Waals surface area contributed by atoms with Crippen LogP contribution in [0.5, 0.6) is 0 Å². The van der Waals surface area contributed by atoms with E-state index >= 15 is 0 Å². The molecule has 1 atom stereocenters. The third-order valence-electron chi connectivity index (χ3n) is 1.15. The van der Waals surface area contributed by atoms with Gasteiger partial charge in [-0.2, -0.15) is 0 Å². The third-order valence-corrected chi connectivity index (χ3v) is 2.49. The number of rotatable bonds is 1. The van der Waals surface area contributed by atoms with Crippen molar-refractivity contribution in [3.05, 3.63) is 29.8 Å². The minimum absolute atomic E-state index is 0.621. The SMILES string of the molecule is Cc1cccc(PS)c1. The van der Waals surface area contributed by atoms with E-state index in [9.17, 15) is 0 Å². The Morgan fingerprint density at radius 3 is 2.67 bits per heavy atom. The fourth-order valence-electron chi connectivity index (χ4n) is 0.715. The Hall–Kier alpha value is -0.0000000000000000555. The summed E-state index contributed by atoms with van der Waals surface area (Å²) in [4.78, 5) is 0. The first-order valence-corrected chi connectivity index (χ1v) is 5.08. The highest BCUT2D eigenvalue weighted by Gasteiger charge is 1.86. The van der Waals surface area contributed by atoms with Gasteiger partial charge in [0, 0.05) is 0 Å². The molecule has 0 aromatic heterocycles. The maximum absolute atomic E-state index is 4.19. The molecule has 0 N–H and O–H groups in total. The zero-order valence-corrected chi connectivity index (χ0v) is 7.15. The molecule has 0 amide bonds. The molecule has 0 aliphatic heterocycles. The molecule has 0 fully saturated rings. The number of benzene rings is 1. The highest BCUT2D eigenvalue weighted by atomic mass is 32.7. The van der Waals surface area contributed by atoms with Crippen molar-refractivity contribution in [2.75, 3.05) is 0 Å². The van der Waals surface area contributed by atoms with Gasteiger partial charge in [-0.3, -0.25) is 0 Å². The maximum Gasteiger partial charge on any atom is -0.0167 e. The number of hydrogen-bond acceptors (Lipinski definition) is 1. The molecule has 1 unspecified atom stereocenters. The van der Waals surface area contributed by atoms with Gasteiger partial charge in [0.2, 0.25) is 0 Å². The van der Waals surface area contributed by atoms with Crippen molar-refractivity contribution in [1.82, 2.24) is 0 Å². The molecule has 0 aliphatic carbocycles. The average Bonchev–Trinajstić information content (AvgIpc) is 1.88. The Morgan fingerprint density at radius 1 is 1.44 bits per heavy atom. The molecule has 0 radical (unpaired) electrons. The van der Waals surface area contributed by atoms with Crippen LogP contribution >= 0.6 is 20.0 Å². The zero-order chi connectivity index (χ0) is 6.69. The Balaban J connectivity index is 2.94. The van der Waals surface area contributed by atoms with E-state index in [4.69, 9.17) is 0 Å². The molecule has 0 bridgehead atoms. The molecule has 0 spiro atoms. The summed E-state index contributed by atoms with van der Waals surface area (Å²) in [6.07, 6.45) is 0. The summed E-state index contributed by atoms with van der Waals surface area (Å²) in [5.74, 6) is 0. The highest BCUT2D eigenvalue weighted by molar-refractivity contribution is 8.40. The molecule has 0 nitrogen and oxygen atoms in total. The molecule has 48 valence electrons. The molecule has 0 saturated carbocycles. The topological polar surface area (TPSA) is 0 Å². The molecule has 1 aromatic carbocycles. The lowest BCUT2D eigenvalue weighted by Gasteiger charge is -1.94. The molecule has 0 saturated heterocycles. The van der Waals surface area contributed by atoms with Gasteiger partial charge in [0.15, 0.2) is 0 Å². The minimum Gasteiger partial charge on any atom is -0.150 e. The average molecular weight is 156 g/mol. The van der Waals surface area contributed by atoms with Crippen molar-refractivity contribution in [3.8, 4) is 0 Å². The molecule has 1 rings (SSSR count). The van der Waals surface area contributed by atoms with Crippen molar-refractivity contribution >= 4 is 25.3 Å². The van der Waals surface area contributed by atoms with Gasteiger partial charge in [-0.25, -0.2) is 0 Å². The fourth-order valence-corrected chi connectivity index (χ4v) is 1.59. The summed E-state index contributed by atoms with van der Waals surface area (Å²) in [5, 5.41) is 1.32. The van der Waals surface area contributed by atoms with Crippen molar-refractivity contribution in [1.29, 1.82) is 0 Å². The lowest BCUT2D eigenvalue weighted by Crippen LogP contribution is -1.89. The molecule has 1 aromatic rings. The normalized spacial score (nSPS) is 10.9. The predicted octanol–water partition coefficient (Wildman–Crippen LogP) is 2.14. The molecule has 9 heavy (non-hydrogen) atoms. The van der Waals surface area contributed by atoms with Gasteiger partial charge in [-0.15, -0.1) is 12.2 Å². The summed E-state index contributed by atoms with van der Waals surface area (Å²) in [5.41, 5.74) is 1.31. The maximum atomic E-state index is 4.19. The largest absolute Gasteiger partial charge is 0.150 e. The Bertz CT molecular complexity index is 198. The van der Waals surface area contributed by atoms with Crippen molar-refractivity contribution in [2.45, 2.75) is 6.92 Å². The van der Waals surface area contributed by atoms with Gasteiger partial charge in [-0.05, 0) is 20.0 Å². The zero-order valence-electron chi connectivity index (χ0n) is 5.26. The standard InChI is InChI=1S/C7H9PS/c1-6-3-2-4-7(5-6)8-9/h2-5,8-9H,1H3. The van der Waals surface area contributed by atoms with Crippen LogP contribution in [0.15, 0.2) is 24.3 Å². The highest BCUT2D eigenvalue weighted by Crippen LogP contribution is 2.14. The van der Waals surface area contributed by atoms with Crippen molar-refractivity contribution in [2.24, 2.45) is 0 Å². The van der Waals surface area contributed by atoms with Crippen LogP contribution in [0.3, 0.4) is 0 Å². The third kappa shape index (κ3) is 2.00. The molecular formula is C7H9PS. The first-order chi connectivity index (χ1) is 4.33. The van der Waals surface area contributed by atoms with Crippen LogP contribution in [0.4, 0.5) is 0 Å². The second kappa shape index (κ2) is 3.24. The lowest BCUT2D eigenvalue weighted by molar-refractivity contribution is 1.50. The van der Waals surface area contributed by atoms with Crippen LogP contribution in [-0.2, 0) is 0 Å². The van der Waals surface area contributed by atoms with Crippen molar-refractivity contribution in [3.63, 3.8) is 0 Å². The molecule has 0 aliphatic rings. The molecule has 0 heterocycles. The predicted molar refractivity (Wildman–Crippen MR) is 48.1 cm³/mol. The van der Waals surface area contributed by atoms with Crippen LogP contribution in [0.1, 0.15) is 5.56 Å². The molecule has 2 heteroatoms. The van der Waals surface area contributed by atoms with E-state index in [0.717, 1.165) is 0 Å².